The number of carboxylic acids is 2. The second-order valence-electron chi connectivity index (χ2n) is 9.92. The van der Waals surface area contributed by atoms with E-state index in [0.717, 1.165) is 10.9 Å². The number of fused-ring (bicyclic) bond motifs is 1. The molecule has 5 unspecified atom stereocenters. The summed E-state index contributed by atoms with van der Waals surface area (Å²) in [5.74, 6) is -5.00. The lowest BCUT2D eigenvalue weighted by Gasteiger charge is -2.26. The van der Waals surface area contributed by atoms with E-state index in [2.05, 4.69) is 20.9 Å². The Hall–Kier alpha value is -3.97. The SMILES string of the molecule is CC(C)CC(N)C(=O)NC(CCC(=O)O)C(=O)NC(C(=O)NC(Cc1c[nH]c2ccccc12)C(=O)O)C(C)O. The summed E-state index contributed by atoms with van der Waals surface area (Å²) in [5.41, 5.74) is 7.31. The van der Waals surface area contributed by atoms with Crippen LogP contribution in [0.5, 0.6) is 0 Å². The number of carbonyl (C=O) groups is 5. The van der Waals surface area contributed by atoms with E-state index in [1.165, 1.54) is 6.92 Å². The van der Waals surface area contributed by atoms with Gasteiger partial charge in [-0.1, -0.05) is 32.0 Å². The molecule has 214 valence electrons. The molecular weight excluding hydrogens is 510 g/mol. The quantitative estimate of drug-likeness (QED) is 0.148. The Morgan fingerprint density at radius 3 is 2.15 bits per heavy atom. The van der Waals surface area contributed by atoms with Crippen molar-refractivity contribution in [1.82, 2.24) is 20.9 Å². The number of para-hydroxylation sites is 1. The molecule has 5 atom stereocenters. The molecule has 13 nitrogen and oxygen atoms in total. The minimum absolute atomic E-state index is 0.0728. The second-order valence-corrected chi connectivity index (χ2v) is 9.92. The molecule has 0 radical (unpaired) electrons. The van der Waals surface area contributed by atoms with E-state index in [9.17, 15) is 34.2 Å². The molecule has 0 bridgehead atoms. The lowest BCUT2D eigenvalue weighted by Crippen LogP contribution is -2.60. The minimum Gasteiger partial charge on any atom is -0.481 e. The molecule has 0 aliphatic heterocycles. The standard InChI is InChI=1S/C26H37N5O8/c1-13(2)10-17(27)23(35)29-19(8-9-21(33)34)24(36)31-22(14(3)32)25(37)30-20(26(38)39)11-15-12-28-18-7-5-4-6-16(15)18/h4-7,12-14,17,19-20,22,28,32H,8-11,27H2,1-3H3,(H,29,35)(H,30,37)(H,31,36)(H,33,34)(H,38,39). The largest absolute Gasteiger partial charge is 0.481 e. The van der Waals surface area contributed by atoms with Gasteiger partial charge in [0, 0.05) is 29.9 Å². The molecule has 0 saturated carbocycles. The van der Waals surface area contributed by atoms with Crippen molar-refractivity contribution in [2.24, 2.45) is 11.7 Å². The Balaban J connectivity index is 2.16. The summed E-state index contributed by atoms with van der Waals surface area (Å²) >= 11 is 0. The van der Waals surface area contributed by atoms with Crippen LogP contribution >= 0.6 is 0 Å². The Bertz CT molecular complexity index is 1180. The molecule has 0 saturated heterocycles. The van der Waals surface area contributed by atoms with E-state index in [-0.39, 0.29) is 18.8 Å². The number of carboxylic acid groups (broad SMARTS) is 2. The number of aromatic amines is 1. The number of aromatic nitrogens is 1. The van der Waals surface area contributed by atoms with Gasteiger partial charge in [-0.3, -0.25) is 19.2 Å². The number of aliphatic hydroxyl groups excluding tert-OH is 1. The van der Waals surface area contributed by atoms with Gasteiger partial charge < -0.3 is 42.0 Å². The van der Waals surface area contributed by atoms with Crippen LogP contribution < -0.4 is 21.7 Å². The molecule has 0 fully saturated rings. The lowest BCUT2D eigenvalue weighted by molar-refractivity contribution is -0.143. The lowest BCUT2D eigenvalue weighted by atomic mass is 10.0. The molecular formula is C26H37N5O8. The highest BCUT2D eigenvalue weighted by molar-refractivity contribution is 5.94. The van der Waals surface area contributed by atoms with Crippen LogP contribution in [0.15, 0.2) is 30.5 Å². The van der Waals surface area contributed by atoms with Gasteiger partial charge in [0.15, 0.2) is 0 Å². The topological polar surface area (TPSA) is 224 Å². The summed E-state index contributed by atoms with van der Waals surface area (Å²) in [5, 5.41) is 36.9. The highest BCUT2D eigenvalue weighted by atomic mass is 16.4. The number of nitrogens with one attached hydrogen (secondary N) is 4. The van der Waals surface area contributed by atoms with Gasteiger partial charge in [0.05, 0.1) is 12.1 Å². The van der Waals surface area contributed by atoms with Gasteiger partial charge in [0.2, 0.25) is 17.7 Å². The Labute approximate surface area is 225 Å². The number of amides is 3. The van der Waals surface area contributed by atoms with Crippen molar-refractivity contribution in [2.45, 2.75) is 76.7 Å². The van der Waals surface area contributed by atoms with Gasteiger partial charge in [0.25, 0.3) is 0 Å². The number of hydrogen-bond acceptors (Lipinski definition) is 7. The number of benzene rings is 1. The van der Waals surface area contributed by atoms with E-state index in [1.807, 2.05) is 26.0 Å². The van der Waals surface area contributed by atoms with E-state index in [0.29, 0.717) is 12.0 Å². The number of hydrogen-bond donors (Lipinski definition) is 8. The number of aliphatic carboxylic acids is 2. The predicted molar refractivity (Wildman–Crippen MR) is 141 cm³/mol. The first kappa shape index (κ1) is 31.2. The molecule has 0 aliphatic rings. The average Bonchev–Trinajstić information content (AvgIpc) is 3.26. The van der Waals surface area contributed by atoms with Crippen LogP contribution in [0.2, 0.25) is 0 Å². The second kappa shape index (κ2) is 14.3. The van der Waals surface area contributed by atoms with Crippen molar-refractivity contribution in [3.63, 3.8) is 0 Å². The fraction of sp³-hybridized carbons (Fsp3) is 0.500. The van der Waals surface area contributed by atoms with Crippen molar-refractivity contribution in [3.8, 4) is 0 Å². The third-order valence-electron chi connectivity index (χ3n) is 6.12. The summed E-state index contributed by atoms with van der Waals surface area (Å²) in [6, 6.07) is 1.97. The van der Waals surface area contributed by atoms with Crippen molar-refractivity contribution in [1.29, 1.82) is 0 Å². The maximum Gasteiger partial charge on any atom is 0.326 e. The van der Waals surface area contributed by atoms with Crippen LogP contribution in [-0.2, 0) is 30.4 Å². The first-order chi connectivity index (χ1) is 18.3. The number of rotatable bonds is 15. The van der Waals surface area contributed by atoms with Gasteiger partial charge in [0.1, 0.15) is 18.1 Å². The summed E-state index contributed by atoms with van der Waals surface area (Å²) in [7, 11) is 0. The average molecular weight is 548 g/mol. The molecule has 2 aromatic rings. The van der Waals surface area contributed by atoms with Gasteiger partial charge in [-0.15, -0.1) is 0 Å². The number of carbonyl (C=O) groups excluding carboxylic acids is 3. The molecule has 1 aromatic carbocycles. The van der Waals surface area contributed by atoms with Crippen LogP contribution in [0.25, 0.3) is 10.9 Å². The van der Waals surface area contributed by atoms with E-state index >= 15 is 0 Å². The molecule has 39 heavy (non-hydrogen) atoms. The normalized spacial score (nSPS) is 15.1. The number of nitrogens with two attached hydrogens (primary N) is 1. The molecule has 0 spiro atoms. The van der Waals surface area contributed by atoms with Crippen LogP contribution in [0.3, 0.4) is 0 Å². The fourth-order valence-corrected chi connectivity index (χ4v) is 4.07. The van der Waals surface area contributed by atoms with Gasteiger partial charge in [-0.2, -0.15) is 0 Å². The van der Waals surface area contributed by atoms with Crippen LogP contribution in [0.4, 0.5) is 0 Å². The smallest absolute Gasteiger partial charge is 0.326 e. The number of aliphatic hydroxyl groups is 1. The Morgan fingerprint density at radius 2 is 1.56 bits per heavy atom. The first-order valence-electron chi connectivity index (χ1n) is 12.6. The van der Waals surface area contributed by atoms with Gasteiger partial charge in [-0.25, -0.2) is 4.79 Å². The summed E-state index contributed by atoms with van der Waals surface area (Å²) in [4.78, 5) is 64.6. The summed E-state index contributed by atoms with van der Waals surface area (Å²) in [6.07, 6.45) is -0.319. The highest BCUT2D eigenvalue weighted by Gasteiger charge is 2.33. The minimum atomic E-state index is -1.59. The highest BCUT2D eigenvalue weighted by Crippen LogP contribution is 2.19. The molecule has 9 N–H and O–H groups in total. The Kier molecular flexibility index (Phi) is 11.4. The van der Waals surface area contributed by atoms with Crippen LogP contribution in [0, 0.1) is 5.92 Å². The molecule has 1 aromatic heterocycles. The van der Waals surface area contributed by atoms with Crippen molar-refractivity contribution < 1.29 is 39.3 Å². The van der Waals surface area contributed by atoms with Crippen molar-refractivity contribution >= 4 is 40.6 Å². The van der Waals surface area contributed by atoms with E-state index < -0.39 is 66.4 Å². The Morgan fingerprint density at radius 1 is 0.923 bits per heavy atom. The maximum atomic E-state index is 13.0. The van der Waals surface area contributed by atoms with Gasteiger partial charge in [-0.05, 0) is 37.3 Å². The summed E-state index contributed by atoms with van der Waals surface area (Å²) in [6.45, 7) is 4.94. The third-order valence-corrected chi connectivity index (χ3v) is 6.12. The molecule has 13 heteroatoms. The first-order valence-corrected chi connectivity index (χ1v) is 12.6. The molecule has 1 heterocycles. The zero-order valence-corrected chi connectivity index (χ0v) is 22.1. The van der Waals surface area contributed by atoms with Crippen molar-refractivity contribution in [3.05, 3.63) is 36.0 Å². The predicted octanol–water partition coefficient (Wildman–Crippen LogP) is -0.132. The van der Waals surface area contributed by atoms with Crippen LogP contribution in [-0.4, -0.2) is 80.2 Å². The molecule has 0 aliphatic carbocycles. The monoisotopic (exact) mass is 547 g/mol. The zero-order chi connectivity index (χ0) is 29.3. The molecule has 3 amide bonds. The third kappa shape index (κ3) is 9.37. The number of H-pyrrole nitrogens is 1. The zero-order valence-electron chi connectivity index (χ0n) is 22.1. The van der Waals surface area contributed by atoms with E-state index in [4.69, 9.17) is 10.8 Å². The van der Waals surface area contributed by atoms with E-state index in [1.54, 1.807) is 18.3 Å². The fourth-order valence-electron chi connectivity index (χ4n) is 4.07. The molecule has 2 rings (SSSR count). The van der Waals surface area contributed by atoms with Crippen molar-refractivity contribution in [2.75, 3.05) is 0 Å². The van der Waals surface area contributed by atoms with Gasteiger partial charge >= 0.3 is 11.9 Å². The maximum absolute atomic E-state index is 13.0. The van der Waals surface area contributed by atoms with Crippen LogP contribution in [0.1, 0.15) is 45.6 Å². The summed E-state index contributed by atoms with van der Waals surface area (Å²) < 4.78 is 0.